The molecule has 1 amide bonds. The fraction of sp³-hybridized carbons (Fsp3) is 0.250. The highest BCUT2D eigenvalue weighted by Gasteiger charge is 2.04. The molecule has 0 atom stereocenters. The summed E-state index contributed by atoms with van der Waals surface area (Å²) in [6.45, 7) is 0.907. The minimum atomic E-state index is -0.303. The normalized spacial score (nSPS) is 10.2. The van der Waals surface area contributed by atoms with Gasteiger partial charge in [-0.2, -0.15) is 0 Å². The van der Waals surface area contributed by atoms with E-state index in [2.05, 4.69) is 9.88 Å². The molecule has 0 aliphatic heterocycles. The molecule has 0 spiro atoms. The second kappa shape index (κ2) is 7.38. The first-order valence-electron chi connectivity index (χ1n) is 6.73. The Morgan fingerprint density at radius 3 is 2.45 bits per heavy atom. The standard InChI is InChI=1S/C16H17FN2O/c17-14-7-9-15(10-8-14)18-16(20)6-2-5-13-19-11-3-1-4-12-19/h1,3-4,7-12H,2,5-6,13H2/p+1. The van der Waals surface area contributed by atoms with Crippen LogP contribution in [0.2, 0.25) is 0 Å². The van der Waals surface area contributed by atoms with Gasteiger partial charge in [-0.1, -0.05) is 6.07 Å². The summed E-state index contributed by atoms with van der Waals surface area (Å²) >= 11 is 0. The van der Waals surface area contributed by atoms with E-state index in [0.29, 0.717) is 12.1 Å². The summed E-state index contributed by atoms with van der Waals surface area (Å²) in [7, 11) is 0. The lowest BCUT2D eigenvalue weighted by Crippen LogP contribution is -2.32. The van der Waals surface area contributed by atoms with Crippen LogP contribution in [0.15, 0.2) is 54.9 Å². The van der Waals surface area contributed by atoms with Gasteiger partial charge in [-0.25, -0.2) is 8.96 Å². The lowest BCUT2D eigenvalue weighted by atomic mass is 10.2. The maximum atomic E-state index is 12.7. The molecule has 0 unspecified atom stereocenters. The number of nitrogens with one attached hydrogen (secondary N) is 1. The van der Waals surface area contributed by atoms with Crippen LogP contribution in [0, 0.1) is 5.82 Å². The summed E-state index contributed by atoms with van der Waals surface area (Å²) in [5.41, 5.74) is 0.633. The monoisotopic (exact) mass is 273 g/mol. The lowest BCUT2D eigenvalue weighted by Gasteiger charge is -2.04. The van der Waals surface area contributed by atoms with E-state index in [-0.39, 0.29) is 11.7 Å². The Bertz CT molecular complexity index is 540. The van der Waals surface area contributed by atoms with Gasteiger partial charge in [0, 0.05) is 30.7 Å². The summed E-state index contributed by atoms with van der Waals surface area (Å²) in [6.07, 6.45) is 6.28. The van der Waals surface area contributed by atoms with Gasteiger partial charge in [0.1, 0.15) is 12.4 Å². The predicted molar refractivity (Wildman–Crippen MR) is 75.5 cm³/mol. The molecule has 0 aliphatic rings. The Hall–Kier alpha value is -2.23. The van der Waals surface area contributed by atoms with Gasteiger partial charge in [0.15, 0.2) is 12.4 Å². The highest BCUT2D eigenvalue weighted by molar-refractivity contribution is 5.90. The van der Waals surface area contributed by atoms with Gasteiger partial charge in [0.2, 0.25) is 5.91 Å². The quantitative estimate of drug-likeness (QED) is 0.637. The van der Waals surface area contributed by atoms with Crippen LogP contribution < -0.4 is 9.88 Å². The molecule has 1 heterocycles. The van der Waals surface area contributed by atoms with Crippen LogP contribution in [0.25, 0.3) is 0 Å². The van der Waals surface area contributed by atoms with Crippen molar-refractivity contribution in [1.82, 2.24) is 0 Å². The highest BCUT2D eigenvalue weighted by Crippen LogP contribution is 2.09. The van der Waals surface area contributed by atoms with Crippen molar-refractivity contribution in [2.24, 2.45) is 0 Å². The molecule has 0 saturated heterocycles. The van der Waals surface area contributed by atoms with Crippen molar-refractivity contribution in [2.75, 3.05) is 5.32 Å². The molecule has 1 aromatic heterocycles. The molecule has 1 N–H and O–H groups in total. The van der Waals surface area contributed by atoms with E-state index in [4.69, 9.17) is 0 Å². The minimum Gasteiger partial charge on any atom is -0.326 e. The number of anilines is 1. The molecule has 2 rings (SSSR count). The van der Waals surface area contributed by atoms with Crippen LogP contribution in [0.5, 0.6) is 0 Å². The lowest BCUT2D eigenvalue weighted by molar-refractivity contribution is -0.697. The summed E-state index contributed by atoms with van der Waals surface area (Å²) < 4.78 is 14.8. The SMILES string of the molecule is O=C(CCCC[n+]1ccccc1)Nc1ccc(F)cc1. The number of carbonyl (C=O) groups excluding carboxylic acids is 1. The zero-order valence-corrected chi connectivity index (χ0v) is 11.3. The zero-order chi connectivity index (χ0) is 14.2. The number of unbranched alkanes of at least 4 members (excludes halogenated alkanes) is 1. The van der Waals surface area contributed by atoms with Crippen LogP contribution in [0.4, 0.5) is 10.1 Å². The maximum absolute atomic E-state index is 12.7. The first-order chi connectivity index (χ1) is 9.74. The molecule has 1 aromatic carbocycles. The van der Waals surface area contributed by atoms with Gasteiger partial charge in [0.25, 0.3) is 0 Å². The fourth-order valence-electron chi connectivity index (χ4n) is 1.92. The number of rotatable bonds is 6. The van der Waals surface area contributed by atoms with Gasteiger partial charge < -0.3 is 5.32 Å². The Kier molecular flexibility index (Phi) is 5.24. The van der Waals surface area contributed by atoms with E-state index in [1.807, 2.05) is 30.6 Å². The number of carbonyl (C=O) groups is 1. The third kappa shape index (κ3) is 4.80. The predicted octanol–water partition coefficient (Wildman–Crippen LogP) is 2.92. The minimum absolute atomic E-state index is 0.0327. The van der Waals surface area contributed by atoms with Gasteiger partial charge >= 0.3 is 0 Å². The van der Waals surface area contributed by atoms with Crippen molar-refractivity contribution < 1.29 is 13.8 Å². The molecule has 2 aromatic rings. The molecule has 0 radical (unpaired) electrons. The Morgan fingerprint density at radius 1 is 1.05 bits per heavy atom. The first-order valence-corrected chi connectivity index (χ1v) is 6.73. The molecule has 0 fully saturated rings. The van der Waals surface area contributed by atoms with Crippen molar-refractivity contribution in [3.63, 3.8) is 0 Å². The van der Waals surface area contributed by atoms with Gasteiger partial charge in [-0.05, 0) is 30.7 Å². The maximum Gasteiger partial charge on any atom is 0.224 e. The van der Waals surface area contributed by atoms with E-state index < -0.39 is 0 Å². The molecule has 0 bridgehead atoms. The van der Waals surface area contributed by atoms with Crippen LogP contribution in [0.1, 0.15) is 19.3 Å². The van der Waals surface area contributed by atoms with E-state index in [1.54, 1.807) is 12.1 Å². The molecule has 104 valence electrons. The summed E-state index contributed by atoms with van der Waals surface area (Å²) in [6, 6.07) is 11.7. The first kappa shape index (κ1) is 14.2. The molecule has 20 heavy (non-hydrogen) atoms. The van der Waals surface area contributed by atoms with E-state index in [9.17, 15) is 9.18 Å². The van der Waals surface area contributed by atoms with Crippen molar-refractivity contribution in [2.45, 2.75) is 25.8 Å². The van der Waals surface area contributed by atoms with Crippen LogP contribution >= 0.6 is 0 Å². The fourth-order valence-corrected chi connectivity index (χ4v) is 1.92. The number of pyridine rings is 1. The number of benzene rings is 1. The third-order valence-corrected chi connectivity index (χ3v) is 2.98. The van der Waals surface area contributed by atoms with Crippen molar-refractivity contribution in [1.29, 1.82) is 0 Å². The summed E-state index contributed by atoms with van der Waals surface area (Å²) in [5, 5.41) is 2.76. The van der Waals surface area contributed by atoms with Crippen molar-refractivity contribution in [3.8, 4) is 0 Å². The molecule has 4 heteroatoms. The number of hydrogen-bond donors (Lipinski definition) is 1. The molecular weight excluding hydrogens is 255 g/mol. The number of aryl methyl sites for hydroxylation is 1. The smallest absolute Gasteiger partial charge is 0.224 e. The largest absolute Gasteiger partial charge is 0.326 e. The number of aromatic nitrogens is 1. The number of halogens is 1. The topological polar surface area (TPSA) is 33.0 Å². The third-order valence-electron chi connectivity index (χ3n) is 2.98. The van der Waals surface area contributed by atoms with Crippen LogP contribution in [-0.2, 0) is 11.3 Å². The second-order valence-corrected chi connectivity index (χ2v) is 4.63. The molecular formula is C16H18FN2O+. The van der Waals surface area contributed by atoms with Gasteiger partial charge in [-0.3, -0.25) is 4.79 Å². The number of hydrogen-bond acceptors (Lipinski definition) is 1. The van der Waals surface area contributed by atoms with E-state index >= 15 is 0 Å². The average molecular weight is 273 g/mol. The van der Waals surface area contributed by atoms with Crippen LogP contribution in [-0.4, -0.2) is 5.91 Å². The Balaban J connectivity index is 1.66. The van der Waals surface area contributed by atoms with Crippen LogP contribution in [0.3, 0.4) is 0 Å². The summed E-state index contributed by atoms with van der Waals surface area (Å²) in [5.74, 6) is -0.336. The zero-order valence-electron chi connectivity index (χ0n) is 11.3. The second-order valence-electron chi connectivity index (χ2n) is 4.63. The molecule has 0 saturated carbocycles. The van der Waals surface area contributed by atoms with E-state index in [0.717, 1.165) is 19.4 Å². The Labute approximate surface area is 118 Å². The molecule has 0 aliphatic carbocycles. The molecule has 3 nitrogen and oxygen atoms in total. The van der Waals surface area contributed by atoms with Crippen molar-refractivity contribution >= 4 is 11.6 Å². The number of amides is 1. The number of nitrogens with zero attached hydrogens (tertiary/aromatic N) is 1. The van der Waals surface area contributed by atoms with Gasteiger partial charge in [0.05, 0.1) is 0 Å². The van der Waals surface area contributed by atoms with E-state index in [1.165, 1.54) is 12.1 Å². The Morgan fingerprint density at radius 2 is 1.75 bits per heavy atom. The summed E-state index contributed by atoms with van der Waals surface area (Å²) in [4.78, 5) is 11.7. The van der Waals surface area contributed by atoms with Crippen molar-refractivity contribution in [3.05, 3.63) is 60.7 Å². The van der Waals surface area contributed by atoms with Gasteiger partial charge in [-0.15, -0.1) is 0 Å². The highest BCUT2D eigenvalue weighted by atomic mass is 19.1. The average Bonchev–Trinajstić information content (AvgIpc) is 2.47.